The predicted molar refractivity (Wildman–Crippen MR) is 69.7 cm³/mol. The maximum Gasteiger partial charge on any atom is 0.160 e. The normalized spacial score (nSPS) is 23.3. The van der Waals surface area contributed by atoms with E-state index in [1.165, 1.54) is 5.56 Å². The minimum atomic E-state index is 0.0428. The summed E-state index contributed by atoms with van der Waals surface area (Å²) in [5, 5.41) is 4.02. The molecule has 2 fully saturated rings. The summed E-state index contributed by atoms with van der Waals surface area (Å²) in [6, 6.07) is 0. The van der Waals surface area contributed by atoms with Crippen LogP contribution in [0, 0.1) is 19.8 Å². The summed E-state index contributed by atoms with van der Waals surface area (Å²) in [4.78, 5) is 2.47. The number of aryl methyl sites for hydroxylation is 2. The van der Waals surface area contributed by atoms with Crippen molar-refractivity contribution in [1.29, 1.82) is 0 Å². The fraction of sp³-hybridized carbons (Fsp3) is 0.786. The average Bonchev–Trinajstić information content (AvgIpc) is 3.05. The minimum Gasteiger partial charge on any atom is -0.361 e. The second kappa shape index (κ2) is 5.61. The van der Waals surface area contributed by atoms with Gasteiger partial charge in [-0.3, -0.25) is 4.90 Å². The Hall–Kier alpha value is -0.910. The van der Waals surface area contributed by atoms with E-state index in [-0.39, 0.29) is 6.29 Å². The number of rotatable bonds is 3. The highest BCUT2D eigenvalue weighted by atomic mass is 16.7. The predicted octanol–water partition coefficient (Wildman–Crippen LogP) is 1.88. The monoisotopic (exact) mass is 266 g/mol. The van der Waals surface area contributed by atoms with E-state index < -0.39 is 0 Å². The first-order valence-electron chi connectivity index (χ1n) is 7.11. The minimum absolute atomic E-state index is 0.0428. The molecule has 1 aromatic heterocycles. The lowest BCUT2D eigenvalue weighted by atomic mass is 9.96. The highest BCUT2D eigenvalue weighted by Crippen LogP contribution is 2.27. The molecule has 3 rings (SSSR count). The van der Waals surface area contributed by atoms with Crippen molar-refractivity contribution in [1.82, 2.24) is 10.1 Å². The third-order valence-corrected chi connectivity index (χ3v) is 4.23. The number of ether oxygens (including phenoxy) is 2. The third kappa shape index (κ3) is 2.83. The molecule has 0 unspecified atom stereocenters. The number of aromatic nitrogens is 1. The van der Waals surface area contributed by atoms with E-state index in [0.29, 0.717) is 5.92 Å². The molecule has 5 nitrogen and oxygen atoms in total. The summed E-state index contributed by atoms with van der Waals surface area (Å²) in [7, 11) is 0. The van der Waals surface area contributed by atoms with E-state index in [4.69, 9.17) is 14.0 Å². The van der Waals surface area contributed by atoms with Crippen LogP contribution in [-0.4, -0.2) is 42.6 Å². The lowest BCUT2D eigenvalue weighted by Gasteiger charge is -2.33. The number of likely N-dealkylation sites (tertiary alicyclic amines) is 1. The van der Waals surface area contributed by atoms with E-state index in [2.05, 4.69) is 10.1 Å². The Morgan fingerprint density at radius 1 is 1.16 bits per heavy atom. The highest BCUT2D eigenvalue weighted by molar-refractivity contribution is 5.20. The van der Waals surface area contributed by atoms with Gasteiger partial charge in [0.1, 0.15) is 5.76 Å². The van der Waals surface area contributed by atoms with Gasteiger partial charge in [-0.25, -0.2) is 0 Å². The Bertz CT molecular complexity index is 399. The van der Waals surface area contributed by atoms with Crippen LogP contribution >= 0.6 is 0 Å². The van der Waals surface area contributed by atoms with Crippen molar-refractivity contribution in [2.45, 2.75) is 39.5 Å². The summed E-state index contributed by atoms with van der Waals surface area (Å²) in [6.45, 7) is 8.64. The maximum absolute atomic E-state index is 5.61. The Balaban J connectivity index is 1.53. The SMILES string of the molecule is Cc1noc(C)c1CN1CCC(C2OCCO2)CC1. The first-order valence-corrected chi connectivity index (χ1v) is 7.11. The van der Waals surface area contributed by atoms with Crippen molar-refractivity contribution in [3.63, 3.8) is 0 Å². The van der Waals surface area contributed by atoms with Crippen molar-refractivity contribution in [2.24, 2.45) is 5.92 Å². The summed E-state index contributed by atoms with van der Waals surface area (Å²) < 4.78 is 16.4. The van der Waals surface area contributed by atoms with E-state index in [1.54, 1.807) is 0 Å². The van der Waals surface area contributed by atoms with Gasteiger partial charge in [-0.05, 0) is 39.8 Å². The zero-order chi connectivity index (χ0) is 13.2. The molecule has 2 aliphatic rings. The fourth-order valence-electron chi connectivity index (χ4n) is 2.98. The summed E-state index contributed by atoms with van der Waals surface area (Å²) in [6.07, 6.45) is 2.34. The van der Waals surface area contributed by atoms with Crippen molar-refractivity contribution in [3.8, 4) is 0 Å². The van der Waals surface area contributed by atoms with Gasteiger partial charge >= 0.3 is 0 Å². The van der Waals surface area contributed by atoms with Gasteiger partial charge in [-0.2, -0.15) is 0 Å². The van der Waals surface area contributed by atoms with Crippen molar-refractivity contribution in [3.05, 3.63) is 17.0 Å². The molecule has 0 radical (unpaired) electrons. The van der Waals surface area contributed by atoms with Crippen LogP contribution < -0.4 is 0 Å². The third-order valence-electron chi connectivity index (χ3n) is 4.23. The molecule has 0 N–H and O–H groups in total. The quantitative estimate of drug-likeness (QED) is 0.836. The topological polar surface area (TPSA) is 47.7 Å². The molecule has 19 heavy (non-hydrogen) atoms. The van der Waals surface area contributed by atoms with E-state index in [0.717, 1.165) is 57.1 Å². The van der Waals surface area contributed by atoms with E-state index in [1.807, 2.05) is 13.8 Å². The summed E-state index contributed by atoms with van der Waals surface area (Å²) in [5.74, 6) is 1.51. The van der Waals surface area contributed by atoms with Crippen LogP contribution in [0.3, 0.4) is 0 Å². The molecule has 2 aliphatic heterocycles. The number of piperidine rings is 1. The van der Waals surface area contributed by atoms with Crippen LogP contribution in [0.5, 0.6) is 0 Å². The number of hydrogen-bond acceptors (Lipinski definition) is 5. The molecule has 3 heterocycles. The van der Waals surface area contributed by atoms with Gasteiger partial charge in [-0.15, -0.1) is 0 Å². The second-order valence-electron chi connectivity index (χ2n) is 5.53. The van der Waals surface area contributed by atoms with Crippen LogP contribution in [0.1, 0.15) is 29.9 Å². The average molecular weight is 266 g/mol. The molecular formula is C14H22N2O3. The van der Waals surface area contributed by atoms with Gasteiger partial charge in [0, 0.05) is 18.0 Å². The molecule has 0 aromatic carbocycles. The van der Waals surface area contributed by atoms with Crippen LogP contribution in [0.4, 0.5) is 0 Å². The van der Waals surface area contributed by atoms with Gasteiger partial charge in [-0.1, -0.05) is 5.16 Å². The Kier molecular flexibility index (Phi) is 3.86. The molecule has 0 saturated carbocycles. The molecule has 0 atom stereocenters. The first-order chi connectivity index (χ1) is 9.24. The van der Waals surface area contributed by atoms with Crippen LogP contribution in [0.2, 0.25) is 0 Å². The van der Waals surface area contributed by atoms with Gasteiger partial charge in [0.2, 0.25) is 0 Å². The van der Waals surface area contributed by atoms with Gasteiger partial charge in [0.25, 0.3) is 0 Å². The molecule has 0 spiro atoms. The molecule has 0 bridgehead atoms. The largest absolute Gasteiger partial charge is 0.361 e. The fourth-order valence-corrected chi connectivity index (χ4v) is 2.98. The van der Waals surface area contributed by atoms with E-state index in [9.17, 15) is 0 Å². The molecule has 5 heteroatoms. The number of hydrogen-bond donors (Lipinski definition) is 0. The Morgan fingerprint density at radius 3 is 2.42 bits per heavy atom. The van der Waals surface area contributed by atoms with Gasteiger partial charge < -0.3 is 14.0 Å². The second-order valence-corrected chi connectivity index (χ2v) is 5.53. The van der Waals surface area contributed by atoms with Crippen molar-refractivity contribution in [2.75, 3.05) is 26.3 Å². The molecule has 2 saturated heterocycles. The van der Waals surface area contributed by atoms with Crippen LogP contribution in [-0.2, 0) is 16.0 Å². The lowest BCUT2D eigenvalue weighted by Crippen LogP contribution is -2.37. The van der Waals surface area contributed by atoms with Gasteiger partial charge in [0.15, 0.2) is 6.29 Å². The Morgan fingerprint density at radius 2 is 1.84 bits per heavy atom. The molecule has 1 aromatic rings. The number of nitrogens with zero attached hydrogens (tertiary/aromatic N) is 2. The summed E-state index contributed by atoms with van der Waals surface area (Å²) in [5.41, 5.74) is 2.26. The standard InChI is InChI=1S/C14H22N2O3/c1-10-13(11(2)19-15-10)9-16-5-3-12(4-6-16)14-17-7-8-18-14/h12,14H,3-9H2,1-2H3. The molecule has 106 valence electrons. The molecule has 0 amide bonds. The molecule has 0 aliphatic carbocycles. The maximum atomic E-state index is 5.61. The highest BCUT2D eigenvalue weighted by Gasteiger charge is 2.30. The summed E-state index contributed by atoms with van der Waals surface area (Å²) >= 11 is 0. The van der Waals surface area contributed by atoms with Crippen molar-refractivity contribution < 1.29 is 14.0 Å². The zero-order valence-corrected chi connectivity index (χ0v) is 11.7. The van der Waals surface area contributed by atoms with E-state index >= 15 is 0 Å². The Labute approximate surface area is 113 Å². The smallest absolute Gasteiger partial charge is 0.160 e. The van der Waals surface area contributed by atoms with Gasteiger partial charge in [0.05, 0.1) is 18.9 Å². The lowest BCUT2D eigenvalue weighted by molar-refractivity contribution is -0.0978. The zero-order valence-electron chi connectivity index (χ0n) is 11.7. The molecular weight excluding hydrogens is 244 g/mol. The first kappa shape index (κ1) is 13.1. The van der Waals surface area contributed by atoms with Crippen molar-refractivity contribution >= 4 is 0 Å². The van der Waals surface area contributed by atoms with Crippen LogP contribution in [0.15, 0.2) is 4.52 Å². The van der Waals surface area contributed by atoms with Crippen LogP contribution in [0.25, 0.3) is 0 Å².